The normalized spacial score (nSPS) is 10.8. The molecule has 1 aromatic carbocycles. The fourth-order valence-corrected chi connectivity index (χ4v) is 1.98. The summed E-state index contributed by atoms with van der Waals surface area (Å²) in [6.45, 7) is 0. The molecule has 3 rings (SSSR count). The summed E-state index contributed by atoms with van der Waals surface area (Å²) in [5, 5.41) is 3.06. The van der Waals surface area contributed by atoms with Crippen molar-refractivity contribution >= 4 is 34.6 Å². The van der Waals surface area contributed by atoms with Gasteiger partial charge in [0.1, 0.15) is 5.82 Å². The lowest BCUT2D eigenvalue weighted by atomic mass is 10.3. The second kappa shape index (κ2) is 4.95. The standard InChI is InChI=1S/C12H10ClFN6/c13-8-5-7(1-2-9(8)14)17-11-12-16-3-4-20(12)6-10(18-11)19-15/h1-6,19H,15H2,(H,17,18). The van der Waals surface area contributed by atoms with Crippen molar-refractivity contribution in [2.24, 2.45) is 5.84 Å². The Balaban J connectivity index is 2.04. The third kappa shape index (κ3) is 2.24. The molecule has 0 fully saturated rings. The van der Waals surface area contributed by atoms with E-state index >= 15 is 0 Å². The molecule has 20 heavy (non-hydrogen) atoms. The molecule has 3 aromatic rings. The van der Waals surface area contributed by atoms with Crippen molar-refractivity contribution in [2.75, 3.05) is 10.7 Å². The molecule has 0 unspecified atom stereocenters. The molecule has 0 saturated heterocycles. The highest BCUT2D eigenvalue weighted by Crippen LogP contribution is 2.24. The molecule has 4 N–H and O–H groups in total. The highest BCUT2D eigenvalue weighted by Gasteiger charge is 2.08. The zero-order valence-electron chi connectivity index (χ0n) is 10.1. The highest BCUT2D eigenvalue weighted by atomic mass is 35.5. The van der Waals surface area contributed by atoms with E-state index in [1.807, 2.05) is 0 Å². The molecule has 0 aliphatic rings. The maximum Gasteiger partial charge on any atom is 0.180 e. The highest BCUT2D eigenvalue weighted by molar-refractivity contribution is 6.31. The summed E-state index contributed by atoms with van der Waals surface area (Å²) in [4.78, 5) is 8.46. The number of hydrazine groups is 1. The number of nitrogens with one attached hydrogen (secondary N) is 2. The van der Waals surface area contributed by atoms with Gasteiger partial charge in [-0.05, 0) is 18.2 Å². The summed E-state index contributed by atoms with van der Waals surface area (Å²) in [6, 6.07) is 4.31. The number of nitrogen functional groups attached to an aromatic ring is 1. The Hall–Kier alpha value is -2.38. The van der Waals surface area contributed by atoms with Crippen LogP contribution in [0.1, 0.15) is 0 Å². The second-order valence-corrected chi connectivity index (χ2v) is 4.44. The first-order valence-corrected chi connectivity index (χ1v) is 6.07. The van der Waals surface area contributed by atoms with Gasteiger partial charge in [0.05, 0.1) is 11.2 Å². The number of fused-ring (bicyclic) bond motifs is 1. The maximum atomic E-state index is 13.1. The zero-order chi connectivity index (χ0) is 14.1. The van der Waals surface area contributed by atoms with Crippen molar-refractivity contribution in [3.8, 4) is 0 Å². The van der Waals surface area contributed by atoms with Crippen LogP contribution < -0.4 is 16.6 Å². The average molecular weight is 293 g/mol. The monoisotopic (exact) mass is 292 g/mol. The lowest BCUT2D eigenvalue weighted by molar-refractivity contribution is 0.628. The van der Waals surface area contributed by atoms with Gasteiger partial charge in [-0.1, -0.05) is 11.6 Å². The number of hydrogen-bond donors (Lipinski definition) is 3. The van der Waals surface area contributed by atoms with E-state index in [2.05, 4.69) is 20.7 Å². The average Bonchev–Trinajstić information content (AvgIpc) is 2.91. The van der Waals surface area contributed by atoms with Crippen molar-refractivity contribution in [1.82, 2.24) is 14.4 Å². The Labute approximate surface area is 118 Å². The van der Waals surface area contributed by atoms with E-state index in [4.69, 9.17) is 17.4 Å². The number of benzene rings is 1. The van der Waals surface area contributed by atoms with Crippen LogP contribution in [-0.4, -0.2) is 14.4 Å². The third-order valence-electron chi connectivity index (χ3n) is 2.70. The van der Waals surface area contributed by atoms with Gasteiger partial charge in [-0.15, -0.1) is 0 Å². The molecular formula is C12H10ClFN6. The molecule has 2 heterocycles. The molecule has 0 spiro atoms. The molecule has 0 aliphatic carbocycles. The van der Waals surface area contributed by atoms with Crippen molar-refractivity contribution < 1.29 is 4.39 Å². The molecular weight excluding hydrogens is 283 g/mol. The second-order valence-electron chi connectivity index (χ2n) is 4.03. The van der Waals surface area contributed by atoms with Crippen LogP contribution in [-0.2, 0) is 0 Å². The summed E-state index contributed by atoms with van der Waals surface area (Å²) in [6.07, 6.45) is 5.10. The number of halogens is 2. The Kier molecular flexibility index (Phi) is 3.13. The number of hydrogen-bond acceptors (Lipinski definition) is 5. The first-order valence-electron chi connectivity index (χ1n) is 5.70. The smallest absolute Gasteiger partial charge is 0.180 e. The Bertz CT molecular complexity index is 772. The van der Waals surface area contributed by atoms with E-state index < -0.39 is 5.82 Å². The summed E-state index contributed by atoms with van der Waals surface area (Å²) >= 11 is 5.75. The van der Waals surface area contributed by atoms with Crippen molar-refractivity contribution in [1.29, 1.82) is 0 Å². The predicted molar refractivity (Wildman–Crippen MR) is 75.5 cm³/mol. The minimum absolute atomic E-state index is 0.0301. The fraction of sp³-hybridized carbons (Fsp3) is 0. The number of aromatic nitrogens is 3. The van der Waals surface area contributed by atoms with Gasteiger partial charge in [0.15, 0.2) is 17.3 Å². The van der Waals surface area contributed by atoms with Crippen LogP contribution in [0.3, 0.4) is 0 Å². The largest absolute Gasteiger partial charge is 0.337 e. The fourth-order valence-electron chi connectivity index (χ4n) is 1.80. The molecule has 0 saturated carbocycles. The molecule has 102 valence electrons. The molecule has 2 aromatic heterocycles. The number of rotatable bonds is 3. The number of imidazole rings is 1. The zero-order valence-corrected chi connectivity index (χ0v) is 10.9. The number of nitrogens with two attached hydrogens (primary N) is 1. The molecule has 8 heteroatoms. The lowest BCUT2D eigenvalue weighted by Crippen LogP contribution is -2.11. The molecule has 6 nitrogen and oxygen atoms in total. The molecule has 0 radical (unpaired) electrons. The van der Waals surface area contributed by atoms with Crippen LogP contribution in [0.4, 0.5) is 21.7 Å². The van der Waals surface area contributed by atoms with Crippen LogP contribution in [0.2, 0.25) is 5.02 Å². The molecule has 0 atom stereocenters. The van der Waals surface area contributed by atoms with Crippen LogP contribution in [0.25, 0.3) is 5.65 Å². The van der Waals surface area contributed by atoms with Crippen molar-refractivity contribution in [2.45, 2.75) is 0 Å². The first-order chi connectivity index (χ1) is 9.67. The van der Waals surface area contributed by atoms with E-state index in [0.717, 1.165) is 0 Å². The van der Waals surface area contributed by atoms with Crippen LogP contribution >= 0.6 is 11.6 Å². The number of nitrogens with zero attached hydrogens (tertiary/aromatic N) is 3. The van der Waals surface area contributed by atoms with Gasteiger partial charge in [-0.2, -0.15) is 0 Å². The molecule has 0 amide bonds. The van der Waals surface area contributed by atoms with E-state index in [-0.39, 0.29) is 5.02 Å². The number of anilines is 3. The Morgan fingerprint density at radius 2 is 2.20 bits per heavy atom. The van der Waals surface area contributed by atoms with Crippen LogP contribution in [0.15, 0.2) is 36.8 Å². The third-order valence-corrected chi connectivity index (χ3v) is 2.99. The van der Waals surface area contributed by atoms with Gasteiger partial charge in [0.2, 0.25) is 0 Å². The Morgan fingerprint density at radius 3 is 2.95 bits per heavy atom. The summed E-state index contributed by atoms with van der Waals surface area (Å²) in [5.74, 6) is 5.84. The van der Waals surface area contributed by atoms with Gasteiger partial charge in [-0.3, -0.25) is 0 Å². The Morgan fingerprint density at radius 1 is 1.35 bits per heavy atom. The van der Waals surface area contributed by atoms with E-state index in [0.29, 0.717) is 23.0 Å². The lowest BCUT2D eigenvalue weighted by Gasteiger charge is -2.09. The van der Waals surface area contributed by atoms with Crippen molar-refractivity contribution in [3.05, 3.63) is 47.6 Å². The van der Waals surface area contributed by atoms with Gasteiger partial charge in [0.25, 0.3) is 0 Å². The summed E-state index contributed by atoms with van der Waals surface area (Å²) < 4.78 is 14.9. The maximum absolute atomic E-state index is 13.1. The quantitative estimate of drug-likeness (QED) is 0.511. The van der Waals surface area contributed by atoms with Crippen LogP contribution in [0.5, 0.6) is 0 Å². The first kappa shape index (κ1) is 12.6. The topological polar surface area (TPSA) is 80.3 Å². The van der Waals surface area contributed by atoms with Crippen molar-refractivity contribution in [3.63, 3.8) is 0 Å². The van der Waals surface area contributed by atoms with Crippen LogP contribution in [0, 0.1) is 5.82 Å². The SMILES string of the molecule is NNc1cn2ccnc2c(Nc2ccc(F)c(Cl)c2)n1. The molecule has 0 aliphatic heterocycles. The predicted octanol–water partition coefficient (Wildman–Crippen LogP) is 2.55. The van der Waals surface area contributed by atoms with E-state index in [1.54, 1.807) is 29.1 Å². The van der Waals surface area contributed by atoms with Gasteiger partial charge >= 0.3 is 0 Å². The van der Waals surface area contributed by atoms with Gasteiger partial charge < -0.3 is 15.1 Å². The van der Waals surface area contributed by atoms with Gasteiger partial charge in [-0.25, -0.2) is 20.2 Å². The molecule has 0 bridgehead atoms. The van der Waals surface area contributed by atoms with Gasteiger partial charge in [0, 0.05) is 18.1 Å². The minimum Gasteiger partial charge on any atom is -0.337 e. The minimum atomic E-state index is -0.478. The van der Waals surface area contributed by atoms with E-state index in [1.165, 1.54) is 12.1 Å². The summed E-state index contributed by atoms with van der Waals surface area (Å²) in [5.41, 5.74) is 3.68. The van der Waals surface area contributed by atoms with E-state index in [9.17, 15) is 4.39 Å². The summed E-state index contributed by atoms with van der Waals surface area (Å²) in [7, 11) is 0.